The Labute approximate surface area is 172 Å². The molecule has 4 aromatic rings. The van der Waals surface area contributed by atoms with Gasteiger partial charge >= 0.3 is 0 Å². The normalized spacial score (nSPS) is 11.0. The Hall–Kier alpha value is -3.26. The molecule has 0 saturated carbocycles. The number of thiazole rings is 1. The molecular formula is C21H21N5O2S. The van der Waals surface area contributed by atoms with Crippen LogP contribution in [0.4, 0.5) is 5.13 Å². The van der Waals surface area contributed by atoms with Crippen molar-refractivity contribution in [1.29, 1.82) is 0 Å². The van der Waals surface area contributed by atoms with Crippen molar-refractivity contribution in [3.8, 4) is 5.75 Å². The van der Waals surface area contributed by atoms with Crippen molar-refractivity contribution in [1.82, 2.24) is 19.7 Å². The topological polar surface area (TPSA) is 73.1 Å². The van der Waals surface area contributed by atoms with Crippen molar-refractivity contribution in [2.45, 2.75) is 20.4 Å². The first-order valence-electron chi connectivity index (χ1n) is 9.30. The van der Waals surface area contributed by atoms with Crippen molar-refractivity contribution >= 4 is 32.6 Å². The summed E-state index contributed by atoms with van der Waals surface area (Å²) in [5.74, 6) is 0.518. The molecule has 3 aromatic heterocycles. The number of nitrogens with zero attached hydrogens (tertiary/aromatic N) is 5. The summed E-state index contributed by atoms with van der Waals surface area (Å²) in [5, 5.41) is 4.96. The molecule has 0 aliphatic carbocycles. The third kappa shape index (κ3) is 3.84. The van der Waals surface area contributed by atoms with Crippen molar-refractivity contribution in [3.05, 3.63) is 65.7 Å². The zero-order valence-corrected chi connectivity index (χ0v) is 17.3. The second-order valence-electron chi connectivity index (χ2n) is 6.58. The summed E-state index contributed by atoms with van der Waals surface area (Å²) >= 11 is 1.46. The second kappa shape index (κ2) is 8.00. The summed E-state index contributed by atoms with van der Waals surface area (Å²) in [6, 6.07) is 11.4. The van der Waals surface area contributed by atoms with E-state index in [1.54, 1.807) is 28.0 Å². The van der Waals surface area contributed by atoms with E-state index >= 15 is 0 Å². The van der Waals surface area contributed by atoms with Gasteiger partial charge in [0.15, 0.2) is 10.8 Å². The summed E-state index contributed by atoms with van der Waals surface area (Å²) in [5.41, 5.74) is 2.98. The first-order valence-corrected chi connectivity index (χ1v) is 10.1. The average Bonchev–Trinajstić information content (AvgIpc) is 3.31. The molecule has 4 rings (SSSR count). The number of anilines is 1. The second-order valence-corrected chi connectivity index (χ2v) is 7.59. The number of carbonyl (C=O) groups excluding carboxylic acids is 1. The van der Waals surface area contributed by atoms with Gasteiger partial charge < -0.3 is 4.74 Å². The number of hydrogen-bond acceptors (Lipinski definition) is 6. The number of aryl methyl sites for hydroxylation is 2. The maximum Gasteiger partial charge on any atom is 0.280 e. The number of fused-ring (bicyclic) bond motifs is 1. The number of carbonyl (C=O) groups is 1. The van der Waals surface area contributed by atoms with Crippen molar-refractivity contribution in [3.63, 3.8) is 0 Å². The van der Waals surface area contributed by atoms with E-state index in [1.807, 2.05) is 51.2 Å². The lowest BCUT2D eigenvalue weighted by atomic mass is 10.2. The summed E-state index contributed by atoms with van der Waals surface area (Å²) in [6.07, 6.45) is 3.47. The number of rotatable bonds is 6. The summed E-state index contributed by atoms with van der Waals surface area (Å²) in [7, 11) is 1.82. The number of amides is 1. The van der Waals surface area contributed by atoms with Gasteiger partial charge in [-0.3, -0.25) is 19.4 Å². The predicted molar refractivity (Wildman–Crippen MR) is 113 cm³/mol. The highest BCUT2D eigenvalue weighted by Gasteiger charge is 2.25. The molecule has 0 atom stereocenters. The Kier molecular flexibility index (Phi) is 5.26. The number of benzene rings is 1. The lowest BCUT2D eigenvalue weighted by Crippen LogP contribution is -2.30. The van der Waals surface area contributed by atoms with Gasteiger partial charge in [-0.25, -0.2) is 4.98 Å². The molecule has 0 aliphatic rings. The molecule has 0 spiro atoms. The Morgan fingerprint density at radius 1 is 1.28 bits per heavy atom. The Balaban J connectivity index is 1.78. The third-order valence-electron chi connectivity index (χ3n) is 4.54. The van der Waals surface area contributed by atoms with Crippen LogP contribution in [0.25, 0.3) is 10.2 Å². The van der Waals surface area contributed by atoms with E-state index in [0.717, 1.165) is 27.2 Å². The van der Waals surface area contributed by atoms with E-state index in [4.69, 9.17) is 9.72 Å². The van der Waals surface area contributed by atoms with E-state index < -0.39 is 0 Å². The van der Waals surface area contributed by atoms with Gasteiger partial charge in [0.2, 0.25) is 0 Å². The SMILES string of the molecule is CCOc1cccc2sc(N(Cc3cccnc3)C(=O)c3cc(C)n(C)n3)nc12. The number of hydrogen-bond donors (Lipinski definition) is 0. The fourth-order valence-electron chi connectivity index (χ4n) is 3.00. The lowest BCUT2D eigenvalue weighted by Gasteiger charge is -2.18. The zero-order chi connectivity index (χ0) is 20.4. The summed E-state index contributed by atoms with van der Waals surface area (Å²) in [4.78, 5) is 23.9. The first kappa shape index (κ1) is 19.1. The number of aromatic nitrogens is 4. The Bertz CT molecular complexity index is 1130. The zero-order valence-electron chi connectivity index (χ0n) is 16.5. The van der Waals surface area contributed by atoms with Crippen LogP contribution in [0.2, 0.25) is 0 Å². The molecular weight excluding hydrogens is 386 g/mol. The highest BCUT2D eigenvalue weighted by molar-refractivity contribution is 7.22. The molecule has 29 heavy (non-hydrogen) atoms. The monoisotopic (exact) mass is 407 g/mol. The molecule has 0 saturated heterocycles. The van der Waals surface area contributed by atoms with Crippen molar-refractivity contribution in [2.75, 3.05) is 11.5 Å². The van der Waals surface area contributed by atoms with E-state index in [-0.39, 0.29) is 5.91 Å². The predicted octanol–water partition coefficient (Wildman–Crippen LogP) is 3.98. The molecule has 0 unspecified atom stereocenters. The number of para-hydroxylation sites is 1. The fourth-order valence-corrected chi connectivity index (χ4v) is 3.98. The van der Waals surface area contributed by atoms with E-state index in [0.29, 0.717) is 24.0 Å². The molecule has 3 heterocycles. The Morgan fingerprint density at radius 3 is 2.83 bits per heavy atom. The minimum atomic E-state index is -0.199. The van der Waals surface area contributed by atoms with Gasteiger partial charge in [-0.2, -0.15) is 5.10 Å². The highest BCUT2D eigenvalue weighted by Crippen LogP contribution is 2.35. The molecule has 8 heteroatoms. The summed E-state index contributed by atoms with van der Waals surface area (Å²) < 4.78 is 8.37. The van der Waals surface area contributed by atoms with Crippen LogP contribution in [0.3, 0.4) is 0 Å². The molecule has 0 N–H and O–H groups in total. The maximum atomic E-state index is 13.4. The molecule has 0 radical (unpaired) electrons. The van der Waals surface area contributed by atoms with Gasteiger partial charge in [0.05, 0.1) is 17.9 Å². The number of pyridine rings is 1. The Morgan fingerprint density at radius 2 is 2.14 bits per heavy atom. The minimum absolute atomic E-state index is 0.199. The fraction of sp³-hybridized carbons (Fsp3) is 0.238. The van der Waals surface area contributed by atoms with Crippen LogP contribution in [-0.2, 0) is 13.6 Å². The smallest absolute Gasteiger partial charge is 0.280 e. The maximum absolute atomic E-state index is 13.4. The molecule has 148 valence electrons. The molecule has 7 nitrogen and oxygen atoms in total. The van der Waals surface area contributed by atoms with Crippen LogP contribution in [0, 0.1) is 6.92 Å². The van der Waals surface area contributed by atoms with Crippen LogP contribution in [0.15, 0.2) is 48.8 Å². The highest BCUT2D eigenvalue weighted by atomic mass is 32.1. The average molecular weight is 407 g/mol. The van der Waals surface area contributed by atoms with Crippen LogP contribution in [0.1, 0.15) is 28.7 Å². The van der Waals surface area contributed by atoms with Crippen LogP contribution >= 0.6 is 11.3 Å². The standard InChI is InChI=1S/C21H21N5O2S/c1-4-28-17-8-5-9-18-19(17)23-21(29-18)26(13-15-7-6-10-22-12-15)20(27)16-11-14(2)25(3)24-16/h5-12H,4,13H2,1-3H3. The summed E-state index contributed by atoms with van der Waals surface area (Å²) in [6.45, 7) is 4.76. The first-order chi connectivity index (χ1) is 14.1. The molecule has 1 aromatic carbocycles. The largest absolute Gasteiger partial charge is 0.492 e. The van der Waals surface area contributed by atoms with Crippen LogP contribution in [-0.4, -0.2) is 32.3 Å². The van der Waals surface area contributed by atoms with Gasteiger partial charge in [-0.05, 0) is 43.7 Å². The van der Waals surface area contributed by atoms with Gasteiger partial charge in [0.1, 0.15) is 11.3 Å². The number of ether oxygens (including phenoxy) is 1. The van der Waals surface area contributed by atoms with E-state index in [2.05, 4.69) is 10.1 Å². The quantitative estimate of drug-likeness (QED) is 0.483. The molecule has 0 aliphatic heterocycles. The van der Waals surface area contributed by atoms with Gasteiger partial charge in [-0.1, -0.05) is 23.5 Å². The third-order valence-corrected chi connectivity index (χ3v) is 5.59. The molecule has 0 bridgehead atoms. The van der Waals surface area contributed by atoms with Gasteiger partial charge in [0.25, 0.3) is 5.91 Å². The lowest BCUT2D eigenvalue weighted by molar-refractivity contribution is 0.0979. The van der Waals surface area contributed by atoms with Crippen molar-refractivity contribution in [2.24, 2.45) is 7.05 Å². The van der Waals surface area contributed by atoms with Crippen LogP contribution < -0.4 is 9.64 Å². The van der Waals surface area contributed by atoms with Gasteiger partial charge in [-0.15, -0.1) is 0 Å². The van der Waals surface area contributed by atoms with E-state index in [9.17, 15) is 4.79 Å². The molecule has 1 amide bonds. The van der Waals surface area contributed by atoms with Gasteiger partial charge in [0, 0.05) is 25.1 Å². The molecule has 0 fully saturated rings. The van der Waals surface area contributed by atoms with Crippen LogP contribution in [0.5, 0.6) is 5.75 Å². The van der Waals surface area contributed by atoms with Crippen molar-refractivity contribution < 1.29 is 9.53 Å². The minimum Gasteiger partial charge on any atom is -0.492 e. The van der Waals surface area contributed by atoms with E-state index in [1.165, 1.54) is 11.3 Å².